The highest BCUT2D eigenvalue weighted by atomic mass is 32.2. The van der Waals surface area contributed by atoms with Crippen LogP contribution in [0.25, 0.3) is 11.3 Å². The molecule has 1 amide bonds. The normalized spacial score (nSPS) is 12.4. The summed E-state index contributed by atoms with van der Waals surface area (Å²) in [5.74, 6) is -0.426. The highest BCUT2D eigenvalue weighted by Gasteiger charge is 2.20. The van der Waals surface area contributed by atoms with Gasteiger partial charge in [0.05, 0.1) is 16.2 Å². The Balaban J connectivity index is 1.14. The fraction of sp³-hybridized carbons (Fsp3) is 0.115. The number of hydrogen-bond donors (Lipinski definition) is 2. The summed E-state index contributed by atoms with van der Waals surface area (Å²) in [7, 11) is -3.91. The summed E-state index contributed by atoms with van der Waals surface area (Å²) >= 11 is 1.26. The largest absolute Gasteiger partial charge is 0.486 e. The molecule has 0 bridgehead atoms. The quantitative estimate of drug-likeness (QED) is 0.312. The van der Waals surface area contributed by atoms with Crippen LogP contribution in [0.2, 0.25) is 0 Å². The first kappa shape index (κ1) is 25.2. The van der Waals surface area contributed by atoms with E-state index in [0.29, 0.717) is 29.8 Å². The number of nitrogens with one attached hydrogen (secondary N) is 2. The van der Waals surface area contributed by atoms with E-state index in [0.717, 1.165) is 11.3 Å². The zero-order valence-electron chi connectivity index (χ0n) is 19.7. The van der Waals surface area contributed by atoms with Crippen LogP contribution in [0.3, 0.4) is 0 Å². The topological polar surface area (TPSA) is 133 Å². The minimum absolute atomic E-state index is 0.00682. The number of thiazole rings is 1. The lowest BCUT2D eigenvalue weighted by Gasteiger charge is -2.19. The first-order valence-electron chi connectivity index (χ1n) is 11.4. The number of aromatic nitrogens is 1. The Morgan fingerprint density at radius 2 is 1.68 bits per heavy atom. The van der Waals surface area contributed by atoms with Gasteiger partial charge >= 0.3 is 5.97 Å². The van der Waals surface area contributed by atoms with Crippen LogP contribution < -0.4 is 19.5 Å². The number of anilines is 2. The van der Waals surface area contributed by atoms with E-state index in [1.54, 1.807) is 0 Å². The Kier molecular flexibility index (Phi) is 7.24. The molecule has 2 N–H and O–H groups in total. The van der Waals surface area contributed by atoms with Gasteiger partial charge in [-0.1, -0.05) is 30.3 Å². The lowest BCUT2D eigenvalue weighted by Crippen LogP contribution is -2.21. The molecule has 10 nitrogen and oxygen atoms in total. The predicted octanol–water partition coefficient (Wildman–Crippen LogP) is 4.18. The Labute approximate surface area is 222 Å². The second-order valence-electron chi connectivity index (χ2n) is 8.02. The van der Waals surface area contributed by atoms with Crippen molar-refractivity contribution in [1.29, 1.82) is 0 Å². The van der Waals surface area contributed by atoms with Gasteiger partial charge in [0.25, 0.3) is 15.9 Å². The first-order chi connectivity index (χ1) is 18.4. The van der Waals surface area contributed by atoms with E-state index in [9.17, 15) is 18.0 Å². The van der Waals surface area contributed by atoms with Crippen LogP contribution in [-0.4, -0.2) is 45.1 Å². The van der Waals surface area contributed by atoms with Gasteiger partial charge in [-0.3, -0.25) is 14.8 Å². The SMILES string of the molecule is O=C(COC(=O)c1ccc(NS(=O)(=O)c2ccc3c(c2)OCCO3)cc1)Nc1nc(-c2ccccc2)cs1. The van der Waals surface area contributed by atoms with Crippen LogP contribution in [0, 0.1) is 0 Å². The van der Waals surface area contributed by atoms with Crippen molar-refractivity contribution in [3.05, 3.63) is 83.7 Å². The van der Waals surface area contributed by atoms with E-state index >= 15 is 0 Å². The van der Waals surface area contributed by atoms with Gasteiger partial charge in [0.2, 0.25) is 0 Å². The van der Waals surface area contributed by atoms with E-state index in [1.165, 1.54) is 53.8 Å². The number of ether oxygens (including phenoxy) is 3. The van der Waals surface area contributed by atoms with Gasteiger partial charge in [0.15, 0.2) is 23.2 Å². The zero-order chi connectivity index (χ0) is 26.5. The number of carbonyl (C=O) groups is 2. The molecular formula is C26H21N3O7S2. The maximum Gasteiger partial charge on any atom is 0.338 e. The molecule has 0 unspecified atom stereocenters. The molecule has 1 aromatic heterocycles. The summed E-state index contributed by atoms with van der Waals surface area (Å²) in [6, 6.07) is 19.5. The minimum Gasteiger partial charge on any atom is -0.486 e. The van der Waals surface area contributed by atoms with Gasteiger partial charge in [0, 0.05) is 22.7 Å². The van der Waals surface area contributed by atoms with Crippen molar-refractivity contribution in [2.24, 2.45) is 0 Å². The van der Waals surface area contributed by atoms with E-state index in [4.69, 9.17) is 14.2 Å². The molecule has 3 aromatic carbocycles. The van der Waals surface area contributed by atoms with Crippen LogP contribution in [0.1, 0.15) is 10.4 Å². The number of amides is 1. The third-order valence-electron chi connectivity index (χ3n) is 5.35. The average molecular weight is 552 g/mol. The van der Waals surface area contributed by atoms with Crippen molar-refractivity contribution in [1.82, 2.24) is 4.98 Å². The monoisotopic (exact) mass is 551 g/mol. The van der Waals surface area contributed by atoms with E-state index in [1.807, 2.05) is 35.7 Å². The molecule has 0 aliphatic carbocycles. The molecule has 194 valence electrons. The molecule has 5 rings (SSSR count). The third-order valence-corrected chi connectivity index (χ3v) is 7.49. The maximum absolute atomic E-state index is 12.8. The molecule has 4 aromatic rings. The highest BCUT2D eigenvalue weighted by Crippen LogP contribution is 2.32. The van der Waals surface area contributed by atoms with E-state index < -0.39 is 28.5 Å². The third kappa shape index (κ3) is 5.93. The van der Waals surface area contributed by atoms with Crippen molar-refractivity contribution in [3.8, 4) is 22.8 Å². The summed E-state index contributed by atoms with van der Waals surface area (Å²) in [5, 5.41) is 4.81. The molecule has 0 saturated heterocycles. The Hall–Kier alpha value is -4.42. The van der Waals surface area contributed by atoms with Crippen molar-refractivity contribution in [3.63, 3.8) is 0 Å². The molecule has 1 aliphatic rings. The molecule has 0 atom stereocenters. The molecule has 1 aliphatic heterocycles. The fourth-order valence-electron chi connectivity index (χ4n) is 3.52. The standard InChI is InChI=1S/C26H21N3O7S2/c30-24(28-26-27-21(16-37-26)17-4-2-1-3-5-17)15-36-25(31)18-6-8-19(9-7-18)29-38(32,33)20-10-11-22-23(14-20)35-13-12-34-22/h1-11,14,16,29H,12-13,15H2,(H,27,28,30). The van der Waals surface area contributed by atoms with Crippen molar-refractivity contribution >= 4 is 44.1 Å². The van der Waals surface area contributed by atoms with Crippen molar-refractivity contribution in [2.75, 3.05) is 29.9 Å². The first-order valence-corrected chi connectivity index (χ1v) is 13.7. The summed E-state index contributed by atoms with van der Waals surface area (Å²) in [6.07, 6.45) is 0. The maximum atomic E-state index is 12.8. The van der Waals surface area contributed by atoms with Crippen molar-refractivity contribution in [2.45, 2.75) is 4.90 Å². The molecule has 0 saturated carbocycles. The summed E-state index contributed by atoms with van der Waals surface area (Å²) in [4.78, 5) is 29.0. The number of carbonyl (C=O) groups excluding carboxylic acids is 2. The zero-order valence-corrected chi connectivity index (χ0v) is 21.4. The molecule has 0 spiro atoms. The van der Waals surface area contributed by atoms with Crippen LogP contribution in [0.5, 0.6) is 11.5 Å². The summed E-state index contributed by atoms with van der Waals surface area (Å²) < 4.78 is 43.9. The lowest BCUT2D eigenvalue weighted by atomic mass is 10.2. The van der Waals surface area contributed by atoms with Crippen LogP contribution in [-0.2, 0) is 19.6 Å². The van der Waals surface area contributed by atoms with Gasteiger partial charge in [0.1, 0.15) is 13.2 Å². The Bertz CT molecular complexity index is 1570. The molecular weight excluding hydrogens is 530 g/mol. The van der Waals surface area contributed by atoms with Gasteiger partial charge in [-0.15, -0.1) is 11.3 Å². The molecule has 0 fully saturated rings. The van der Waals surface area contributed by atoms with Gasteiger partial charge in [-0.25, -0.2) is 18.2 Å². The average Bonchev–Trinajstić information content (AvgIpc) is 3.40. The van der Waals surface area contributed by atoms with Gasteiger partial charge in [-0.2, -0.15) is 0 Å². The second-order valence-corrected chi connectivity index (χ2v) is 10.6. The minimum atomic E-state index is -3.91. The Morgan fingerprint density at radius 1 is 0.947 bits per heavy atom. The van der Waals surface area contributed by atoms with Crippen molar-refractivity contribution < 1.29 is 32.2 Å². The van der Waals surface area contributed by atoms with E-state index in [-0.39, 0.29) is 16.1 Å². The second kappa shape index (κ2) is 10.9. The molecule has 38 heavy (non-hydrogen) atoms. The number of esters is 1. The number of nitrogens with zero attached hydrogens (tertiary/aromatic N) is 1. The highest BCUT2D eigenvalue weighted by molar-refractivity contribution is 7.92. The number of fused-ring (bicyclic) bond motifs is 1. The number of rotatable bonds is 8. The van der Waals surface area contributed by atoms with Crippen LogP contribution in [0.15, 0.2) is 83.1 Å². The molecule has 2 heterocycles. The van der Waals surface area contributed by atoms with Gasteiger partial charge in [-0.05, 0) is 36.4 Å². The predicted molar refractivity (Wildman–Crippen MR) is 141 cm³/mol. The summed E-state index contributed by atoms with van der Waals surface area (Å²) in [6.45, 7) is 0.235. The van der Waals surface area contributed by atoms with Crippen LogP contribution in [0.4, 0.5) is 10.8 Å². The van der Waals surface area contributed by atoms with E-state index in [2.05, 4.69) is 15.0 Å². The Morgan fingerprint density at radius 3 is 2.45 bits per heavy atom. The van der Waals surface area contributed by atoms with Crippen LogP contribution >= 0.6 is 11.3 Å². The smallest absolute Gasteiger partial charge is 0.338 e. The number of hydrogen-bond acceptors (Lipinski definition) is 9. The summed E-state index contributed by atoms with van der Waals surface area (Å²) in [5.41, 5.74) is 2.05. The molecule has 12 heteroatoms. The molecule has 0 radical (unpaired) electrons. The fourth-order valence-corrected chi connectivity index (χ4v) is 5.33. The lowest BCUT2D eigenvalue weighted by molar-refractivity contribution is -0.119. The number of benzene rings is 3. The number of sulfonamides is 1. The van der Waals surface area contributed by atoms with Gasteiger partial charge < -0.3 is 14.2 Å².